The highest BCUT2D eigenvalue weighted by atomic mass is 14.9. The first-order valence-electron chi connectivity index (χ1n) is 3.52. The van der Waals surface area contributed by atoms with Crippen LogP contribution in [-0.2, 0) is 0 Å². The van der Waals surface area contributed by atoms with Gasteiger partial charge in [0.25, 0.3) is 0 Å². The van der Waals surface area contributed by atoms with Crippen LogP contribution in [0.25, 0.3) is 0 Å². The zero-order valence-corrected chi connectivity index (χ0v) is 5.85. The average Bonchev–Trinajstić information content (AvgIpc) is 2.33. The van der Waals surface area contributed by atoms with Gasteiger partial charge in [0, 0.05) is 12.0 Å². The van der Waals surface area contributed by atoms with Crippen molar-refractivity contribution in [3.05, 3.63) is 0 Å². The van der Waals surface area contributed by atoms with E-state index in [0.29, 0.717) is 12.0 Å². The molecule has 0 saturated heterocycles. The quantitative estimate of drug-likeness (QED) is 0.513. The Bertz CT molecular complexity index is 123. The van der Waals surface area contributed by atoms with Gasteiger partial charge in [0.05, 0.1) is 0 Å². The number of hydrogen-bond acceptors (Lipinski definition) is 1. The highest BCUT2D eigenvalue weighted by molar-refractivity contribution is 5.01. The molecule has 1 N–H and O–H groups in total. The fraction of sp³-hybridized carbons (Fsp3) is 0.750. The van der Waals surface area contributed by atoms with Gasteiger partial charge < -0.3 is 5.32 Å². The molecule has 9 heavy (non-hydrogen) atoms. The van der Waals surface area contributed by atoms with Crippen LogP contribution >= 0.6 is 0 Å². The van der Waals surface area contributed by atoms with Gasteiger partial charge in [-0.25, -0.2) is 0 Å². The molecule has 0 heterocycles. The highest BCUT2D eigenvalue weighted by Gasteiger charge is 2.23. The van der Waals surface area contributed by atoms with E-state index in [1.54, 1.807) is 0 Å². The predicted molar refractivity (Wildman–Crippen MR) is 39.0 cm³/mol. The van der Waals surface area contributed by atoms with Gasteiger partial charge in [-0.2, -0.15) is 0 Å². The molecule has 1 heteroatoms. The zero-order valence-electron chi connectivity index (χ0n) is 5.85. The van der Waals surface area contributed by atoms with Gasteiger partial charge in [0.15, 0.2) is 0 Å². The Morgan fingerprint density at radius 1 is 1.56 bits per heavy atom. The summed E-state index contributed by atoms with van der Waals surface area (Å²) in [6, 6.07) is 0.593. The van der Waals surface area contributed by atoms with Crippen molar-refractivity contribution in [3.8, 4) is 12.3 Å². The van der Waals surface area contributed by atoms with Gasteiger partial charge in [-0.05, 0) is 19.9 Å². The summed E-state index contributed by atoms with van der Waals surface area (Å²) in [6.45, 7) is 0. The van der Waals surface area contributed by atoms with E-state index in [1.807, 2.05) is 7.05 Å². The molecule has 0 aromatic carbocycles. The van der Waals surface area contributed by atoms with Gasteiger partial charge in [0.2, 0.25) is 0 Å². The number of nitrogens with one attached hydrogen (secondary N) is 1. The van der Waals surface area contributed by atoms with Crippen molar-refractivity contribution in [3.63, 3.8) is 0 Å². The molecule has 0 aliphatic heterocycles. The molecule has 50 valence electrons. The van der Waals surface area contributed by atoms with Crippen LogP contribution in [0.4, 0.5) is 0 Å². The molecule has 1 saturated carbocycles. The maximum atomic E-state index is 5.31. The summed E-state index contributed by atoms with van der Waals surface area (Å²) >= 11 is 0. The molecule has 0 amide bonds. The largest absolute Gasteiger partial charge is 0.316 e. The number of terminal acetylenes is 1. The first kappa shape index (κ1) is 6.64. The fourth-order valence-corrected chi connectivity index (χ4v) is 1.51. The summed E-state index contributed by atoms with van der Waals surface area (Å²) in [5.74, 6) is 3.30. The summed E-state index contributed by atoms with van der Waals surface area (Å²) in [5.41, 5.74) is 0. The molecule has 0 spiro atoms. The second-order valence-electron chi connectivity index (χ2n) is 2.60. The summed E-state index contributed by atoms with van der Waals surface area (Å²) in [5, 5.41) is 3.22. The molecule has 1 nitrogen and oxygen atoms in total. The summed E-state index contributed by atoms with van der Waals surface area (Å²) in [6.07, 6.45) is 9.07. The fourth-order valence-electron chi connectivity index (χ4n) is 1.51. The summed E-state index contributed by atoms with van der Waals surface area (Å²) < 4.78 is 0. The van der Waals surface area contributed by atoms with Crippen LogP contribution in [0.2, 0.25) is 0 Å². The Kier molecular flexibility index (Phi) is 2.13. The van der Waals surface area contributed by atoms with E-state index in [2.05, 4.69) is 11.2 Å². The van der Waals surface area contributed by atoms with Crippen molar-refractivity contribution in [2.45, 2.75) is 25.3 Å². The van der Waals surface area contributed by atoms with Gasteiger partial charge in [0.1, 0.15) is 0 Å². The summed E-state index contributed by atoms with van der Waals surface area (Å²) in [7, 11) is 1.99. The Hall–Kier alpha value is -0.480. The minimum atomic E-state index is 0.495. The molecule has 2 unspecified atom stereocenters. The maximum Gasteiger partial charge on any atom is 0.0353 e. The molecule has 0 aromatic rings. The normalized spacial score (nSPS) is 34.2. The standard InChI is InChI=1S/C8H13N/c1-3-7-5-4-6-8(7)9-2/h1,7-9H,4-6H2,2H3. The lowest BCUT2D eigenvalue weighted by atomic mass is 10.1. The van der Waals surface area contributed by atoms with Crippen molar-refractivity contribution in [2.75, 3.05) is 7.05 Å². The number of hydrogen-bond donors (Lipinski definition) is 1. The first-order valence-corrected chi connectivity index (χ1v) is 3.52. The Labute approximate surface area is 56.8 Å². The van der Waals surface area contributed by atoms with Gasteiger partial charge in [-0.1, -0.05) is 6.42 Å². The van der Waals surface area contributed by atoms with Crippen molar-refractivity contribution in [1.29, 1.82) is 0 Å². The molecule has 1 fully saturated rings. The molecule has 1 rings (SSSR count). The van der Waals surface area contributed by atoms with Gasteiger partial charge in [-0.15, -0.1) is 12.3 Å². The van der Waals surface area contributed by atoms with Crippen LogP contribution in [0.15, 0.2) is 0 Å². The van der Waals surface area contributed by atoms with Crippen LogP contribution < -0.4 is 5.32 Å². The molecule has 0 aromatic heterocycles. The molecular weight excluding hydrogens is 110 g/mol. The SMILES string of the molecule is C#CC1CCCC1NC. The van der Waals surface area contributed by atoms with Crippen LogP contribution in [0, 0.1) is 18.3 Å². The molecule has 1 aliphatic rings. The third-order valence-corrected chi connectivity index (χ3v) is 2.10. The predicted octanol–water partition coefficient (Wildman–Crippen LogP) is 1.01. The smallest absolute Gasteiger partial charge is 0.0353 e. The molecule has 1 aliphatic carbocycles. The van der Waals surface area contributed by atoms with E-state index in [9.17, 15) is 0 Å². The summed E-state index contributed by atoms with van der Waals surface area (Å²) in [4.78, 5) is 0. The third kappa shape index (κ3) is 1.25. The van der Waals surface area contributed by atoms with Gasteiger partial charge in [-0.3, -0.25) is 0 Å². The van der Waals surface area contributed by atoms with Crippen molar-refractivity contribution >= 4 is 0 Å². The molecule has 2 atom stereocenters. The van der Waals surface area contributed by atoms with E-state index in [-0.39, 0.29) is 0 Å². The van der Waals surface area contributed by atoms with Crippen LogP contribution in [0.3, 0.4) is 0 Å². The topological polar surface area (TPSA) is 12.0 Å². The maximum absolute atomic E-state index is 5.31. The van der Waals surface area contributed by atoms with Crippen LogP contribution in [-0.4, -0.2) is 13.1 Å². The van der Waals surface area contributed by atoms with E-state index in [0.717, 1.165) is 0 Å². The minimum Gasteiger partial charge on any atom is -0.316 e. The number of rotatable bonds is 1. The van der Waals surface area contributed by atoms with E-state index in [4.69, 9.17) is 6.42 Å². The molecule has 0 bridgehead atoms. The van der Waals surface area contributed by atoms with Crippen LogP contribution in [0.5, 0.6) is 0 Å². The third-order valence-electron chi connectivity index (χ3n) is 2.10. The van der Waals surface area contributed by atoms with E-state index in [1.165, 1.54) is 19.3 Å². The Morgan fingerprint density at radius 3 is 2.78 bits per heavy atom. The van der Waals surface area contributed by atoms with E-state index >= 15 is 0 Å². The first-order chi connectivity index (χ1) is 4.38. The molecular formula is C8H13N. The lowest BCUT2D eigenvalue weighted by molar-refractivity contribution is 0.510. The van der Waals surface area contributed by atoms with Gasteiger partial charge >= 0.3 is 0 Å². The monoisotopic (exact) mass is 123 g/mol. The Morgan fingerprint density at radius 2 is 2.33 bits per heavy atom. The molecule has 0 radical (unpaired) electrons. The van der Waals surface area contributed by atoms with Crippen LogP contribution in [0.1, 0.15) is 19.3 Å². The second kappa shape index (κ2) is 2.89. The average molecular weight is 123 g/mol. The lowest BCUT2D eigenvalue weighted by Gasteiger charge is -2.11. The second-order valence-corrected chi connectivity index (χ2v) is 2.60. The minimum absolute atomic E-state index is 0.495. The zero-order chi connectivity index (χ0) is 6.69. The highest BCUT2D eigenvalue weighted by Crippen LogP contribution is 2.23. The lowest BCUT2D eigenvalue weighted by Crippen LogP contribution is -2.27. The van der Waals surface area contributed by atoms with Crippen molar-refractivity contribution in [1.82, 2.24) is 5.32 Å². The van der Waals surface area contributed by atoms with E-state index < -0.39 is 0 Å². The van der Waals surface area contributed by atoms with Crippen molar-refractivity contribution < 1.29 is 0 Å². The van der Waals surface area contributed by atoms with Crippen molar-refractivity contribution in [2.24, 2.45) is 5.92 Å². The Balaban J connectivity index is 2.44.